The largest absolute Gasteiger partial charge is 0.492 e. The Morgan fingerprint density at radius 2 is 1.75 bits per heavy atom. The van der Waals surface area contributed by atoms with Gasteiger partial charge in [-0.15, -0.1) is 0 Å². The average Bonchev–Trinajstić information content (AvgIpc) is 2.82. The van der Waals surface area contributed by atoms with Crippen LogP contribution in [0.1, 0.15) is 24.0 Å². The number of aliphatic carboxylic acids is 1. The Morgan fingerprint density at radius 3 is 2.39 bits per heavy atom. The molecule has 0 radical (unpaired) electrons. The first-order valence-corrected chi connectivity index (χ1v) is 12.1. The lowest BCUT2D eigenvalue weighted by atomic mass is 9.82. The second-order valence-electron chi connectivity index (χ2n) is 8.67. The number of halogens is 2. The number of carbonyl (C=O) groups is 3. The minimum atomic E-state index is -1.27. The maximum absolute atomic E-state index is 13.4. The van der Waals surface area contributed by atoms with Gasteiger partial charge in [-0.3, -0.25) is 4.90 Å². The Balaban J connectivity index is 1.49. The first kappa shape index (κ1) is 25.5. The summed E-state index contributed by atoms with van der Waals surface area (Å²) >= 11 is 3.32. The predicted octanol–water partition coefficient (Wildman–Crippen LogP) is 4.55. The Bertz CT molecular complexity index is 1220. The highest BCUT2D eigenvalue weighted by Crippen LogP contribution is 2.38. The SMILES string of the molecule is O=C(O)C1=C(c2ccc(CCCOc3cc(F)ccc3Br)cc2)C[C@@H]2CN(C(=O)O)C[C@H]1N2C(=O)O. The first-order valence-electron chi connectivity index (χ1n) is 11.3. The molecule has 9 nitrogen and oxygen atoms in total. The van der Waals surface area contributed by atoms with Gasteiger partial charge in [-0.2, -0.15) is 0 Å². The molecule has 4 rings (SSSR count). The smallest absolute Gasteiger partial charge is 0.408 e. The molecule has 1 saturated heterocycles. The summed E-state index contributed by atoms with van der Waals surface area (Å²) < 4.78 is 19.7. The number of amides is 2. The van der Waals surface area contributed by atoms with E-state index in [4.69, 9.17) is 4.74 Å². The molecule has 36 heavy (non-hydrogen) atoms. The van der Waals surface area contributed by atoms with E-state index in [9.17, 15) is 34.1 Å². The number of nitrogens with zero attached hydrogens (tertiary/aromatic N) is 2. The zero-order valence-electron chi connectivity index (χ0n) is 19.1. The predicted molar refractivity (Wildman–Crippen MR) is 131 cm³/mol. The van der Waals surface area contributed by atoms with E-state index in [-0.39, 0.29) is 30.9 Å². The van der Waals surface area contributed by atoms with E-state index in [1.54, 1.807) is 18.2 Å². The van der Waals surface area contributed by atoms with E-state index >= 15 is 0 Å². The van der Waals surface area contributed by atoms with Gasteiger partial charge < -0.3 is 25.0 Å². The third kappa shape index (κ3) is 5.30. The summed E-state index contributed by atoms with van der Waals surface area (Å²) in [5, 5.41) is 29.0. The third-order valence-corrected chi connectivity index (χ3v) is 7.09. The number of aryl methyl sites for hydroxylation is 1. The minimum absolute atomic E-state index is 0.0198. The molecule has 0 spiro atoms. The van der Waals surface area contributed by atoms with Crippen molar-refractivity contribution in [3.8, 4) is 5.75 Å². The number of piperazine rings is 1. The molecule has 2 heterocycles. The molecule has 0 saturated carbocycles. The molecule has 11 heteroatoms. The molecule has 2 bridgehead atoms. The van der Waals surface area contributed by atoms with E-state index in [1.165, 1.54) is 12.1 Å². The van der Waals surface area contributed by atoms with Crippen LogP contribution in [0.5, 0.6) is 5.75 Å². The van der Waals surface area contributed by atoms with Crippen molar-refractivity contribution >= 4 is 39.7 Å². The van der Waals surface area contributed by atoms with E-state index in [1.807, 2.05) is 12.1 Å². The molecule has 2 amide bonds. The fourth-order valence-corrected chi connectivity index (χ4v) is 5.18. The summed E-state index contributed by atoms with van der Waals surface area (Å²) in [6.07, 6.45) is -1.01. The van der Waals surface area contributed by atoms with Crippen LogP contribution in [-0.4, -0.2) is 75.1 Å². The molecule has 2 atom stereocenters. The van der Waals surface area contributed by atoms with Gasteiger partial charge in [-0.05, 0) is 64.0 Å². The number of carboxylic acid groups (broad SMARTS) is 3. The van der Waals surface area contributed by atoms with Gasteiger partial charge in [-0.25, -0.2) is 18.8 Å². The van der Waals surface area contributed by atoms with Crippen LogP contribution in [0.3, 0.4) is 0 Å². The van der Waals surface area contributed by atoms with E-state index in [0.29, 0.717) is 40.8 Å². The van der Waals surface area contributed by atoms with Crippen LogP contribution in [0.2, 0.25) is 0 Å². The summed E-state index contributed by atoms with van der Waals surface area (Å²) in [5.74, 6) is -1.22. The van der Waals surface area contributed by atoms with Crippen molar-refractivity contribution in [3.63, 3.8) is 0 Å². The lowest BCUT2D eigenvalue weighted by Gasteiger charge is -2.48. The number of carboxylic acids is 1. The van der Waals surface area contributed by atoms with Gasteiger partial charge in [0.25, 0.3) is 0 Å². The minimum Gasteiger partial charge on any atom is -0.492 e. The van der Waals surface area contributed by atoms with E-state index < -0.39 is 30.2 Å². The lowest BCUT2D eigenvalue weighted by Crippen LogP contribution is -2.64. The van der Waals surface area contributed by atoms with Gasteiger partial charge in [0, 0.05) is 19.2 Å². The van der Waals surface area contributed by atoms with Gasteiger partial charge in [0.1, 0.15) is 11.6 Å². The average molecular weight is 563 g/mol. The number of ether oxygens (including phenoxy) is 1. The molecule has 2 aliphatic rings. The second-order valence-corrected chi connectivity index (χ2v) is 9.53. The molecule has 0 unspecified atom stereocenters. The van der Waals surface area contributed by atoms with Crippen molar-refractivity contribution in [1.29, 1.82) is 0 Å². The van der Waals surface area contributed by atoms with Crippen LogP contribution >= 0.6 is 15.9 Å². The highest BCUT2D eigenvalue weighted by Gasteiger charge is 2.47. The zero-order chi connectivity index (χ0) is 26.0. The van der Waals surface area contributed by atoms with E-state index in [2.05, 4.69) is 15.9 Å². The molecule has 2 aromatic rings. The van der Waals surface area contributed by atoms with Crippen LogP contribution in [0.4, 0.5) is 14.0 Å². The summed E-state index contributed by atoms with van der Waals surface area (Å²) in [5.41, 5.74) is 2.09. The molecular formula is C25H24BrFN2O7. The maximum atomic E-state index is 13.4. The monoisotopic (exact) mass is 562 g/mol. The molecule has 3 N–H and O–H groups in total. The molecule has 0 aliphatic carbocycles. The Morgan fingerprint density at radius 1 is 1.03 bits per heavy atom. The van der Waals surface area contributed by atoms with Crippen LogP contribution in [0.25, 0.3) is 5.57 Å². The molecule has 1 fully saturated rings. The number of hydrogen-bond donors (Lipinski definition) is 3. The van der Waals surface area contributed by atoms with Crippen molar-refractivity contribution < 1.29 is 38.8 Å². The van der Waals surface area contributed by atoms with Crippen molar-refractivity contribution in [2.24, 2.45) is 0 Å². The van der Waals surface area contributed by atoms with Gasteiger partial charge in [-0.1, -0.05) is 24.3 Å². The normalized spacial score (nSPS) is 19.3. The fourth-order valence-electron chi connectivity index (χ4n) is 4.82. The first-order chi connectivity index (χ1) is 17.2. The maximum Gasteiger partial charge on any atom is 0.408 e. The molecule has 2 aliphatic heterocycles. The quantitative estimate of drug-likeness (QED) is 0.422. The van der Waals surface area contributed by atoms with Crippen LogP contribution in [0.15, 0.2) is 52.5 Å². The number of benzene rings is 2. The summed E-state index contributed by atoms with van der Waals surface area (Å²) in [6, 6.07) is 9.84. The molecule has 0 aromatic heterocycles. The van der Waals surface area contributed by atoms with Crippen molar-refractivity contribution in [3.05, 3.63) is 69.5 Å². The second kappa shape index (κ2) is 10.6. The lowest BCUT2D eigenvalue weighted by molar-refractivity contribution is -0.133. The van der Waals surface area contributed by atoms with Crippen molar-refractivity contribution in [1.82, 2.24) is 9.80 Å². The van der Waals surface area contributed by atoms with E-state index in [0.717, 1.165) is 15.4 Å². The highest BCUT2D eigenvalue weighted by atomic mass is 79.9. The van der Waals surface area contributed by atoms with Crippen molar-refractivity contribution in [2.75, 3.05) is 19.7 Å². The fraction of sp³-hybridized carbons (Fsp3) is 0.320. The molecular weight excluding hydrogens is 539 g/mol. The van der Waals surface area contributed by atoms with Gasteiger partial charge in [0.15, 0.2) is 0 Å². The third-order valence-electron chi connectivity index (χ3n) is 6.44. The van der Waals surface area contributed by atoms with Crippen LogP contribution < -0.4 is 4.74 Å². The topological polar surface area (TPSA) is 128 Å². The molecule has 190 valence electrons. The van der Waals surface area contributed by atoms with Gasteiger partial charge >= 0.3 is 18.2 Å². The Labute approximate surface area is 214 Å². The van der Waals surface area contributed by atoms with Gasteiger partial charge in [0.05, 0.1) is 28.7 Å². The summed E-state index contributed by atoms with van der Waals surface area (Å²) in [7, 11) is 0. The molecule has 2 aromatic carbocycles. The standard InChI is InChI=1S/C25H24BrFN2O7/c26-19-8-7-16(27)10-21(19)36-9-1-2-14-3-5-15(6-4-14)18-11-17-12-28(24(32)33)13-20(22(18)23(30)31)29(17)25(34)35/h3-8,10,17,20H,1-2,9,11-13H2,(H,30,31)(H,32,33)(H,34,35)/t17-,20-/m1/s1. The van der Waals surface area contributed by atoms with Crippen molar-refractivity contribution in [2.45, 2.75) is 31.3 Å². The number of hydrogen-bond acceptors (Lipinski definition) is 4. The Kier molecular flexibility index (Phi) is 7.48. The van der Waals surface area contributed by atoms with Gasteiger partial charge in [0.2, 0.25) is 0 Å². The Hall–Kier alpha value is -3.60. The highest BCUT2D eigenvalue weighted by molar-refractivity contribution is 9.10. The summed E-state index contributed by atoms with van der Waals surface area (Å²) in [6.45, 7) is 0.128. The number of fused-ring (bicyclic) bond motifs is 2. The summed E-state index contributed by atoms with van der Waals surface area (Å²) in [4.78, 5) is 37.7. The number of rotatable bonds is 7. The zero-order valence-corrected chi connectivity index (χ0v) is 20.6. The van der Waals surface area contributed by atoms with Crippen LogP contribution in [-0.2, 0) is 11.2 Å². The van der Waals surface area contributed by atoms with Crippen LogP contribution in [0, 0.1) is 5.82 Å².